The first kappa shape index (κ1) is 17.1. The van der Waals surface area contributed by atoms with Gasteiger partial charge in [-0.3, -0.25) is 0 Å². The van der Waals surface area contributed by atoms with E-state index < -0.39 is 22.0 Å². The Hall–Kier alpha value is -0.910. The van der Waals surface area contributed by atoms with Gasteiger partial charge in [0.25, 0.3) is 0 Å². The summed E-state index contributed by atoms with van der Waals surface area (Å²) in [7, 11) is -3.17. The van der Waals surface area contributed by atoms with E-state index in [0.717, 1.165) is 5.56 Å². The first-order valence-corrected chi connectivity index (χ1v) is 8.73. The molecule has 20 heavy (non-hydrogen) atoms. The summed E-state index contributed by atoms with van der Waals surface area (Å²) in [6, 6.07) is 6.77. The normalized spacial score (nSPS) is 15.0. The average molecular weight is 300 g/mol. The van der Waals surface area contributed by atoms with Gasteiger partial charge < -0.3 is 10.2 Å². The molecule has 0 bridgehead atoms. The van der Waals surface area contributed by atoms with Gasteiger partial charge >= 0.3 is 0 Å². The molecular formula is C15H24O4S. The van der Waals surface area contributed by atoms with E-state index in [0.29, 0.717) is 30.6 Å². The molecule has 0 aliphatic carbocycles. The highest BCUT2D eigenvalue weighted by atomic mass is 32.2. The number of aliphatic hydroxyl groups is 2. The molecule has 0 saturated heterocycles. The smallest absolute Gasteiger partial charge is 0.178 e. The third-order valence-electron chi connectivity index (χ3n) is 3.35. The number of benzene rings is 1. The van der Waals surface area contributed by atoms with E-state index in [2.05, 4.69) is 0 Å². The van der Waals surface area contributed by atoms with Gasteiger partial charge in [-0.1, -0.05) is 26.0 Å². The predicted octanol–water partition coefficient (Wildman–Crippen LogP) is 1.93. The van der Waals surface area contributed by atoms with Gasteiger partial charge in [-0.2, -0.15) is 0 Å². The molecule has 0 aromatic heterocycles. The Kier molecular flexibility index (Phi) is 6.65. The van der Waals surface area contributed by atoms with Crippen molar-refractivity contribution >= 4 is 9.84 Å². The van der Waals surface area contributed by atoms with E-state index in [-0.39, 0.29) is 5.75 Å². The number of sulfone groups is 1. The van der Waals surface area contributed by atoms with Crippen molar-refractivity contribution in [2.24, 2.45) is 0 Å². The molecule has 114 valence electrons. The van der Waals surface area contributed by atoms with Gasteiger partial charge in [0, 0.05) is 0 Å². The monoisotopic (exact) mass is 300 g/mol. The number of hydrogen-bond donors (Lipinski definition) is 2. The first-order valence-electron chi connectivity index (χ1n) is 7.08. The summed E-state index contributed by atoms with van der Waals surface area (Å²) in [4.78, 5) is 0.345. The zero-order valence-corrected chi connectivity index (χ0v) is 12.9. The fourth-order valence-corrected chi connectivity index (χ4v) is 3.35. The van der Waals surface area contributed by atoms with Crippen LogP contribution in [0.2, 0.25) is 0 Å². The molecule has 5 heteroatoms. The second-order valence-corrected chi connectivity index (χ2v) is 7.15. The van der Waals surface area contributed by atoms with Crippen LogP contribution >= 0.6 is 0 Å². The second-order valence-electron chi connectivity index (χ2n) is 5.04. The van der Waals surface area contributed by atoms with Crippen LogP contribution in [-0.4, -0.2) is 36.6 Å². The molecular weight excluding hydrogens is 276 g/mol. The maximum Gasteiger partial charge on any atom is 0.178 e. The van der Waals surface area contributed by atoms with Crippen molar-refractivity contribution in [3.05, 3.63) is 29.8 Å². The Bertz CT molecular complexity index is 493. The third-order valence-corrected chi connectivity index (χ3v) is 5.28. The molecule has 0 radical (unpaired) electrons. The van der Waals surface area contributed by atoms with Crippen LogP contribution in [0.25, 0.3) is 0 Å². The predicted molar refractivity (Wildman–Crippen MR) is 79.4 cm³/mol. The summed E-state index contributed by atoms with van der Waals surface area (Å²) in [6.45, 7) is 3.66. The summed E-state index contributed by atoms with van der Waals surface area (Å²) in [5.41, 5.74) is 0.961. The number of hydrogen-bond acceptors (Lipinski definition) is 4. The van der Waals surface area contributed by atoms with E-state index >= 15 is 0 Å². The molecule has 0 spiro atoms. The summed E-state index contributed by atoms with van der Waals surface area (Å²) >= 11 is 0. The Labute approximate surface area is 121 Å². The largest absolute Gasteiger partial charge is 0.390 e. The zero-order valence-electron chi connectivity index (χ0n) is 12.1. The summed E-state index contributed by atoms with van der Waals surface area (Å²) in [5.74, 6) is 0.160. The molecule has 2 N–H and O–H groups in total. The second kappa shape index (κ2) is 7.76. The van der Waals surface area contributed by atoms with Crippen molar-refractivity contribution in [2.75, 3.05) is 5.75 Å². The van der Waals surface area contributed by atoms with Crippen LogP contribution in [0.5, 0.6) is 0 Å². The lowest BCUT2D eigenvalue weighted by Gasteiger charge is -2.15. The summed E-state index contributed by atoms with van der Waals surface area (Å²) in [5, 5.41) is 19.2. The van der Waals surface area contributed by atoms with Crippen LogP contribution < -0.4 is 0 Å². The van der Waals surface area contributed by atoms with Gasteiger partial charge in [0.1, 0.15) is 0 Å². The van der Waals surface area contributed by atoms with Crippen LogP contribution in [0.15, 0.2) is 29.2 Å². The maximum atomic E-state index is 11.9. The molecule has 0 heterocycles. The van der Waals surface area contributed by atoms with E-state index in [1.165, 1.54) is 0 Å². The molecule has 0 fully saturated rings. The van der Waals surface area contributed by atoms with E-state index in [1.54, 1.807) is 24.3 Å². The van der Waals surface area contributed by atoms with Gasteiger partial charge in [-0.05, 0) is 43.4 Å². The zero-order chi connectivity index (χ0) is 15.2. The Morgan fingerprint density at radius 3 is 2.15 bits per heavy atom. The van der Waals surface area contributed by atoms with E-state index in [1.807, 2.05) is 13.8 Å². The van der Waals surface area contributed by atoms with Crippen LogP contribution in [0.3, 0.4) is 0 Å². The molecule has 0 saturated carbocycles. The minimum atomic E-state index is -3.17. The van der Waals surface area contributed by atoms with Crippen molar-refractivity contribution < 1.29 is 18.6 Å². The lowest BCUT2D eigenvalue weighted by atomic mass is 10.0. The molecule has 1 aromatic rings. The highest BCUT2D eigenvalue weighted by molar-refractivity contribution is 7.91. The van der Waals surface area contributed by atoms with Gasteiger partial charge in [0.2, 0.25) is 0 Å². The molecule has 2 unspecified atom stereocenters. The van der Waals surface area contributed by atoms with Crippen LogP contribution in [0, 0.1) is 0 Å². The number of aryl methyl sites for hydroxylation is 1. The highest BCUT2D eigenvalue weighted by Crippen LogP contribution is 2.15. The molecule has 2 atom stereocenters. The van der Waals surface area contributed by atoms with Gasteiger partial charge in [-0.15, -0.1) is 0 Å². The minimum absolute atomic E-state index is 0.160. The summed E-state index contributed by atoms with van der Waals surface area (Å²) < 4.78 is 23.7. The molecule has 0 aliphatic heterocycles. The quantitative estimate of drug-likeness (QED) is 0.769. The Morgan fingerprint density at radius 1 is 1.05 bits per heavy atom. The Balaban J connectivity index is 2.64. The fourth-order valence-electron chi connectivity index (χ4n) is 2.03. The van der Waals surface area contributed by atoms with Crippen molar-refractivity contribution in [1.29, 1.82) is 0 Å². The van der Waals surface area contributed by atoms with Crippen molar-refractivity contribution in [3.8, 4) is 0 Å². The molecule has 1 rings (SSSR count). The minimum Gasteiger partial charge on any atom is -0.390 e. The van der Waals surface area contributed by atoms with Crippen molar-refractivity contribution in [2.45, 2.75) is 56.6 Å². The van der Waals surface area contributed by atoms with Gasteiger partial charge in [0.15, 0.2) is 9.84 Å². The van der Waals surface area contributed by atoms with Gasteiger partial charge in [0.05, 0.1) is 22.9 Å². The average Bonchev–Trinajstić information content (AvgIpc) is 2.44. The molecule has 4 nitrogen and oxygen atoms in total. The van der Waals surface area contributed by atoms with Gasteiger partial charge in [-0.25, -0.2) is 8.42 Å². The third kappa shape index (κ3) is 4.89. The van der Waals surface area contributed by atoms with Crippen LogP contribution in [0.1, 0.15) is 38.7 Å². The van der Waals surface area contributed by atoms with Crippen molar-refractivity contribution in [1.82, 2.24) is 0 Å². The van der Waals surface area contributed by atoms with Crippen LogP contribution in [0.4, 0.5) is 0 Å². The summed E-state index contributed by atoms with van der Waals surface area (Å²) in [6.07, 6.45) is 0.783. The number of rotatable bonds is 8. The highest BCUT2D eigenvalue weighted by Gasteiger charge is 2.15. The topological polar surface area (TPSA) is 74.6 Å². The maximum absolute atomic E-state index is 11.9. The molecule has 0 aliphatic rings. The van der Waals surface area contributed by atoms with E-state index in [9.17, 15) is 18.6 Å². The lowest BCUT2D eigenvalue weighted by Crippen LogP contribution is -2.25. The van der Waals surface area contributed by atoms with E-state index in [4.69, 9.17) is 0 Å². The first-order chi connectivity index (χ1) is 9.40. The molecule has 1 aromatic carbocycles. The lowest BCUT2D eigenvalue weighted by molar-refractivity contribution is 0.0130. The molecule has 0 amide bonds. The number of aliphatic hydroxyl groups excluding tert-OH is 2. The van der Waals surface area contributed by atoms with Crippen molar-refractivity contribution in [3.63, 3.8) is 0 Å². The Morgan fingerprint density at radius 2 is 1.65 bits per heavy atom. The van der Waals surface area contributed by atoms with Crippen LogP contribution in [-0.2, 0) is 16.3 Å². The standard InChI is InChI=1S/C15H24O4S/c1-3-11-20(18,19)13-8-5-12(6-9-13)7-10-15(17)14(16)4-2/h5-6,8-9,14-17H,3-4,7,10-11H2,1-2H3. The fraction of sp³-hybridized carbons (Fsp3) is 0.600. The SMILES string of the molecule is CCCS(=O)(=O)c1ccc(CCC(O)C(O)CC)cc1.